The van der Waals surface area contributed by atoms with Crippen LogP contribution in [0.4, 0.5) is 0 Å². The van der Waals surface area contributed by atoms with E-state index in [2.05, 4.69) is 15.3 Å². The van der Waals surface area contributed by atoms with E-state index in [4.69, 9.17) is 0 Å². The normalized spacial score (nSPS) is 9.81. The Kier molecular flexibility index (Phi) is 2.91. The lowest BCUT2D eigenvalue weighted by Crippen LogP contribution is -2.17. The van der Waals surface area contributed by atoms with Crippen molar-refractivity contribution in [1.82, 2.24) is 15.3 Å². The molecule has 0 atom stereocenters. The van der Waals surface area contributed by atoms with E-state index in [0.717, 1.165) is 11.4 Å². The highest BCUT2D eigenvalue weighted by molar-refractivity contribution is 5.93. The highest BCUT2D eigenvalue weighted by Crippen LogP contribution is 2.13. The van der Waals surface area contributed by atoms with Crippen LogP contribution in [0.25, 0.3) is 11.4 Å². The van der Waals surface area contributed by atoms with Gasteiger partial charge in [0.2, 0.25) is 0 Å². The lowest BCUT2D eigenvalue weighted by molar-refractivity contribution is 0.0963. The molecular formula is C12H11N3O. The van der Waals surface area contributed by atoms with Gasteiger partial charge in [0.15, 0.2) is 0 Å². The Bertz CT molecular complexity index is 479. The van der Waals surface area contributed by atoms with Crippen LogP contribution in [0.3, 0.4) is 0 Å². The van der Waals surface area contributed by atoms with Gasteiger partial charge < -0.3 is 5.32 Å². The largest absolute Gasteiger partial charge is 0.355 e. The summed E-state index contributed by atoms with van der Waals surface area (Å²) in [5, 5.41) is 2.55. The van der Waals surface area contributed by atoms with Crippen LogP contribution in [0.2, 0.25) is 0 Å². The predicted molar refractivity (Wildman–Crippen MR) is 60.9 cm³/mol. The zero-order chi connectivity index (χ0) is 11.4. The van der Waals surface area contributed by atoms with Gasteiger partial charge in [-0.05, 0) is 24.3 Å². The molecule has 1 N–H and O–H groups in total. The highest BCUT2D eigenvalue weighted by atomic mass is 16.1. The topological polar surface area (TPSA) is 54.9 Å². The van der Waals surface area contributed by atoms with Crippen molar-refractivity contribution in [2.24, 2.45) is 0 Å². The number of aromatic nitrogens is 2. The molecule has 0 aliphatic rings. The zero-order valence-corrected chi connectivity index (χ0v) is 8.84. The second-order valence-electron chi connectivity index (χ2n) is 3.23. The molecule has 4 heteroatoms. The zero-order valence-electron chi connectivity index (χ0n) is 8.84. The number of rotatable bonds is 2. The first-order chi connectivity index (χ1) is 7.81. The van der Waals surface area contributed by atoms with Crippen molar-refractivity contribution < 1.29 is 4.79 Å². The van der Waals surface area contributed by atoms with Gasteiger partial charge in [0.1, 0.15) is 0 Å². The minimum absolute atomic E-state index is 0.139. The quantitative estimate of drug-likeness (QED) is 0.822. The summed E-state index contributed by atoms with van der Waals surface area (Å²) in [5.41, 5.74) is 2.10. The Balaban J connectivity index is 2.30. The van der Waals surface area contributed by atoms with Gasteiger partial charge in [0.05, 0.1) is 17.0 Å². The third-order valence-electron chi connectivity index (χ3n) is 2.18. The predicted octanol–water partition coefficient (Wildman–Crippen LogP) is 1.50. The van der Waals surface area contributed by atoms with Crippen LogP contribution in [0.5, 0.6) is 0 Å². The Morgan fingerprint density at radius 1 is 1.12 bits per heavy atom. The van der Waals surface area contributed by atoms with Gasteiger partial charge in [0.25, 0.3) is 5.91 Å². The molecule has 2 aromatic heterocycles. The minimum atomic E-state index is -0.139. The van der Waals surface area contributed by atoms with Gasteiger partial charge in [-0.1, -0.05) is 6.07 Å². The number of hydrogen-bond acceptors (Lipinski definition) is 3. The van der Waals surface area contributed by atoms with Crippen LogP contribution in [0, 0.1) is 0 Å². The van der Waals surface area contributed by atoms with E-state index in [9.17, 15) is 4.79 Å². The van der Waals surface area contributed by atoms with Gasteiger partial charge in [0, 0.05) is 19.4 Å². The van der Waals surface area contributed by atoms with Crippen LogP contribution < -0.4 is 5.32 Å². The number of pyridine rings is 2. The summed E-state index contributed by atoms with van der Waals surface area (Å²) in [4.78, 5) is 19.7. The van der Waals surface area contributed by atoms with E-state index in [1.165, 1.54) is 0 Å². The molecule has 0 saturated heterocycles. The Morgan fingerprint density at radius 3 is 2.50 bits per heavy atom. The van der Waals surface area contributed by atoms with E-state index in [-0.39, 0.29) is 5.91 Å². The number of nitrogens with one attached hydrogen (secondary N) is 1. The molecule has 0 aromatic carbocycles. The van der Waals surface area contributed by atoms with E-state index >= 15 is 0 Å². The first-order valence-electron chi connectivity index (χ1n) is 4.91. The summed E-state index contributed by atoms with van der Waals surface area (Å²) in [7, 11) is 1.59. The summed E-state index contributed by atoms with van der Waals surface area (Å²) in [6, 6.07) is 9.14. The summed E-state index contributed by atoms with van der Waals surface area (Å²) < 4.78 is 0. The average Bonchev–Trinajstić information content (AvgIpc) is 2.39. The molecule has 0 bridgehead atoms. The summed E-state index contributed by atoms with van der Waals surface area (Å²) in [5.74, 6) is -0.139. The highest BCUT2D eigenvalue weighted by Gasteiger charge is 2.04. The molecule has 4 nitrogen and oxygen atoms in total. The van der Waals surface area contributed by atoms with Crippen molar-refractivity contribution in [1.29, 1.82) is 0 Å². The molecule has 80 valence electrons. The summed E-state index contributed by atoms with van der Waals surface area (Å²) >= 11 is 0. The van der Waals surface area contributed by atoms with Gasteiger partial charge in [-0.15, -0.1) is 0 Å². The number of hydrogen-bond donors (Lipinski definition) is 1. The Hall–Kier alpha value is -2.23. The monoisotopic (exact) mass is 213 g/mol. The third kappa shape index (κ3) is 2.06. The lowest BCUT2D eigenvalue weighted by atomic mass is 10.2. The second kappa shape index (κ2) is 4.53. The molecule has 2 rings (SSSR count). The first-order valence-corrected chi connectivity index (χ1v) is 4.91. The Morgan fingerprint density at radius 2 is 1.94 bits per heavy atom. The van der Waals surface area contributed by atoms with Crippen LogP contribution in [0.1, 0.15) is 10.4 Å². The van der Waals surface area contributed by atoms with Crippen LogP contribution in [-0.2, 0) is 0 Å². The number of carbonyl (C=O) groups is 1. The van der Waals surface area contributed by atoms with Gasteiger partial charge in [-0.3, -0.25) is 14.8 Å². The molecule has 1 amide bonds. The lowest BCUT2D eigenvalue weighted by Gasteiger charge is -2.01. The first kappa shape index (κ1) is 10.3. The maximum atomic E-state index is 11.3. The molecule has 2 aromatic rings. The van der Waals surface area contributed by atoms with Crippen molar-refractivity contribution in [3.63, 3.8) is 0 Å². The molecule has 0 fully saturated rings. The van der Waals surface area contributed by atoms with Gasteiger partial charge >= 0.3 is 0 Å². The molecule has 0 aliphatic carbocycles. The van der Waals surface area contributed by atoms with Gasteiger partial charge in [-0.2, -0.15) is 0 Å². The van der Waals surface area contributed by atoms with Gasteiger partial charge in [-0.25, -0.2) is 0 Å². The van der Waals surface area contributed by atoms with Crippen molar-refractivity contribution >= 4 is 5.91 Å². The maximum absolute atomic E-state index is 11.3. The maximum Gasteiger partial charge on any atom is 0.252 e. The SMILES string of the molecule is CNC(=O)c1ccc(-c2ccccn2)nc1. The van der Waals surface area contributed by atoms with Crippen molar-refractivity contribution in [2.75, 3.05) is 7.05 Å². The average molecular weight is 213 g/mol. The molecule has 0 radical (unpaired) electrons. The molecule has 2 heterocycles. The van der Waals surface area contributed by atoms with Crippen molar-refractivity contribution in [2.45, 2.75) is 0 Å². The van der Waals surface area contributed by atoms with Crippen molar-refractivity contribution in [3.05, 3.63) is 48.3 Å². The van der Waals surface area contributed by atoms with Crippen LogP contribution in [0.15, 0.2) is 42.7 Å². The van der Waals surface area contributed by atoms with Crippen LogP contribution in [-0.4, -0.2) is 22.9 Å². The number of nitrogens with zero attached hydrogens (tertiary/aromatic N) is 2. The van der Waals surface area contributed by atoms with E-state index in [1.54, 1.807) is 31.6 Å². The fourth-order valence-corrected chi connectivity index (χ4v) is 1.34. The molecular weight excluding hydrogens is 202 g/mol. The standard InChI is InChI=1S/C12H11N3O/c1-13-12(16)9-5-6-11(15-8-9)10-4-2-3-7-14-10/h2-8H,1H3,(H,13,16). The van der Waals surface area contributed by atoms with Crippen LogP contribution >= 0.6 is 0 Å². The molecule has 0 spiro atoms. The fourth-order valence-electron chi connectivity index (χ4n) is 1.34. The minimum Gasteiger partial charge on any atom is -0.355 e. The molecule has 0 unspecified atom stereocenters. The smallest absolute Gasteiger partial charge is 0.252 e. The fraction of sp³-hybridized carbons (Fsp3) is 0.0833. The summed E-state index contributed by atoms with van der Waals surface area (Å²) in [6.45, 7) is 0. The van der Waals surface area contributed by atoms with E-state index in [0.29, 0.717) is 5.56 Å². The third-order valence-corrected chi connectivity index (χ3v) is 2.18. The Labute approximate surface area is 93.4 Å². The molecule has 16 heavy (non-hydrogen) atoms. The second-order valence-corrected chi connectivity index (χ2v) is 3.23. The van der Waals surface area contributed by atoms with Crippen molar-refractivity contribution in [3.8, 4) is 11.4 Å². The summed E-state index contributed by atoms with van der Waals surface area (Å²) in [6.07, 6.45) is 3.26. The van der Waals surface area contributed by atoms with E-state index < -0.39 is 0 Å². The molecule has 0 saturated carbocycles. The molecule has 0 aliphatic heterocycles. The van der Waals surface area contributed by atoms with E-state index in [1.807, 2.05) is 18.2 Å². The number of carbonyl (C=O) groups excluding carboxylic acids is 1. The number of amides is 1.